The van der Waals surface area contributed by atoms with Crippen LogP contribution < -0.4 is 0 Å². The predicted octanol–water partition coefficient (Wildman–Crippen LogP) is -4.98. The minimum Gasteiger partial charge on any atom is -0.393 e. The van der Waals surface area contributed by atoms with Gasteiger partial charge in [-0.05, 0) is 6.92 Å². The number of hydrogen-bond donors (Lipinski definition) is 8. The van der Waals surface area contributed by atoms with E-state index in [-0.39, 0.29) is 0 Å². The van der Waals surface area contributed by atoms with Gasteiger partial charge in [0, 0.05) is 0 Å². The van der Waals surface area contributed by atoms with Crippen molar-refractivity contribution in [1.29, 1.82) is 0 Å². The molecule has 0 spiro atoms. The third kappa shape index (κ3) is 2.55. The first-order valence-corrected chi connectivity index (χ1v) is 6.84. The van der Waals surface area contributed by atoms with E-state index in [0.29, 0.717) is 0 Å². The maximum atomic E-state index is 10.6. The van der Waals surface area contributed by atoms with Gasteiger partial charge in [0.1, 0.15) is 42.2 Å². The summed E-state index contributed by atoms with van der Waals surface area (Å²) < 4.78 is 10.2. The number of hydrogen-bond acceptors (Lipinski definition) is 10. The summed E-state index contributed by atoms with van der Waals surface area (Å²) in [4.78, 5) is 0. The maximum Gasteiger partial charge on any atom is 0.222 e. The van der Waals surface area contributed by atoms with Crippen LogP contribution in [0.2, 0.25) is 0 Å². The van der Waals surface area contributed by atoms with E-state index in [1.54, 1.807) is 0 Å². The van der Waals surface area contributed by atoms with Gasteiger partial charge in [-0.1, -0.05) is 0 Å². The van der Waals surface area contributed by atoms with Crippen molar-refractivity contribution in [1.82, 2.24) is 0 Å². The molecule has 0 aromatic heterocycles. The molecule has 0 unspecified atom stereocenters. The van der Waals surface area contributed by atoms with Crippen LogP contribution in [0.5, 0.6) is 0 Å². The summed E-state index contributed by atoms with van der Waals surface area (Å²) in [5, 5.41) is 78.7. The number of aliphatic hydroxyl groups is 8. The minimum atomic E-state index is -3.00. The Morgan fingerprint density at radius 1 is 1.00 bits per heavy atom. The lowest BCUT2D eigenvalue weighted by Gasteiger charge is -2.53. The zero-order valence-electron chi connectivity index (χ0n) is 11.8. The Morgan fingerprint density at radius 2 is 1.59 bits per heavy atom. The molecular weight excluding hydrogens is 304 g/mol. The van der Waals surface area contributed by atoms with E-state index in [4.69, 9.17) is 14.6 Å². The fourth-order valence-corrected chi connectivity index (χ4v) is 2.87. The van der Waals surface area contributed by atoms with Crippen LogP contribution in [0.15, 0.2) is 0 Å². The van der Waals surface area contributed by atoms with Crippen molar-refractivity contribution in [2.45, 2.75) is 61.0 Å². The zero-order valence-corrected chi connectivity index (χ0v) is 11.8. The van der Waals surface area contributed by atoms with E-state index in [0.717, 1.165) is 0 Å². The van der Waals surface area contributed by atoms with Crippen LogP contribution in [-0.2, 0) is 9.47 Å². The van der Waals surface area contributed by atoms with Gasteiger partial charge in [-0.15, -0.1) is 0 Å². The first-order chi connectivity index (χ1) is 10.1. The minimum absolute atomic E-state index is 0.695. The molecule has 2 heterocycles. The monoisotopic (exact) mass is 326 g/mol. The lowest BCUT2D eigenvalue weighted by Crippen LogP contribution is -2.77. The average molecular weight is 326 g/mol. The van der Waals surface area contributed by atoms with Gasteiger partial charge in [0.2, 0.25) is 5.79 Å². The summed E-state index contributed by atoms with van der Waals surface area (Å²) in [5.74, 6) is -3.00. The van der Waals surface area contributed by atoms with Gasteiger partial charge in [0.05, 0.1) is 19.3 Å². The van der Waals surface area contributed by atoms with E-state index >= 15 is 0 Å². The van der Waals surface area contributed by atoms with Crippen molar-refractivity contribution in [2.24, 2.45) is 0 Å². The molecule has 2 rings (SSSR count). The number of rotatable bonds is 2. The van der Waals surface area contributed by atoms with Crippen LogP contribution in [0.3, 0.4) is 0 Å². The van der Waals surface area contributed by atoms with Gasteiger partial charge < -0.3 is 50.3 Å². The highest BCUT2D eigenvalue weighted by atomic mass is 16.6. The van der Waals surface area contributed by atoms with Crippen LogP contribution in [0, 0.1) is 0 Å². The molecule has 0 amide bonds. The highest BCUT2D eigenvalue weighted by molar-refractivity contribution is 5.10. The summed E-state index contributed by atoms with van der Waals surface area (Å²) in [6.45, 7) is -0.153. The molecule has 22 heavy (non-hydrogen) atoms. The van der Waals surface area contributed by atoms with Crippen molar-refractivity contribution in [2.75, 3.05) is 13.2 Å². The Morgan fingerprint density at radius 3 is 2.14 bits per heavy atom. The maximum absolute atomic E-state index is 10.6. The largest absolute Gasteiger partial charge is 0.393 e. The second-order valence-electron chi connectivity index (χ2n) is 5.89. The van der Waals surface area contributed by atoms with Gasteiger partial charge in [-0.2, -0.15) is 0 Å². The topological polar surface area (TPSA) is 180 Å². The Labute approximate surface area is 125 Å². The first kappa shape index (κ1) is 17.9. The third-order valence-electron chi connectivity index (χ3n) is 4.38. The lowest BCUT2D eigenvalue weighted by molar-refractivity contribution is -0.387. The van der Waals surface area contributed by atoms with Crippen LogP contribution in [0.4, 0.5) is 0 Å². The number of ether oxygens (including phenoxy) is 2. The van der Waals surface area contributed by atoms with Crippen molar-refractivity contribution in [3.63, 3.8) is 0 Å². The van der Waals surface area contributed by atoms with E-state index in [2.05, 4.69) is 0 Å². The van der Waals surface area contributed by atoms with E-state index in [1.165, 1.54) is 6.92 Å². The molecule has 2 aliphatic heterocycles. The standard InChI is InChI=1S/C12H22O10/c1-4-6(14)7(15)8(16)9(22-4)11(18)3-21-5(2-13)12(19,20)10(11)17/h4-10,13-20H,2-3H2,1H3/t4-,5-,6-,7+,8+,9-,10-,11-/m1/s1. The smallest absolute Gasteiger partial charge is 0.222 e. The Kier molecular flexibility index (Phi) is 4.82. The summed E-state index contributed by atoms with van der Waals surface area (Å²) >= 11 is 0. The molecule has 2 aliphatic rings. The number of aliphatic hydroxyl groups excluding tert-OH is 5. The predicted molar refractivity (Wildman–Crippen MR) is 67.3 cm³/mol. The van der Waals surface area contributed by atoms with Crippen molar-refractivity contribution in [3.8, 4) is 0 Å². The Bertz CT molecular complexity index is 403. The Balaban J connectivity index is 2.30. The summed E-state index contributed by atoms with van der Waals surface area (Å²) in [7, 11) is 0. The van der Waals surface area contributed by atoms with E-state index in [1.807, 2.05) is 0 Å². The van der Waals surface area contributed by atoms with E-state index < -0.39 is 67.3 Å². The van der Waals surface area contributed by atoms with Crippen LogP contribution in [0.1, 0.15) is 6.92 Å². The Hall–Kier alpha value is -0.400. The highest BCUT2D eigenvalue weighted by Crippen LogP contribution is 2.38. The molecule has 2 saturated heterocycles. The SMILES string of the molecule is C[C@H]1O[C@@H]([C@]2(O)CO[C@H](CO)C(O)(O)[C@@H]2O)[C@@H](O)[C@@H](O)[C@@H]1O. The molecule has 0 aromatic rings. The van der Waals surface area contributed by atoms with Crippen molar-refractivity contribution < 1.29 is 50.3 Å². The van der Waals surface area contributed by atoms with Crippen molar-refractivity contribution >= 4 is 0 Å². The van der Waals surface area contributed by atoms with Gasteiger partial charge in [0.25, 0.3) is 0 Å². The molecule has 0 radical (unpaired) electrons. The molecule has 2 fully saturated rings. The molecule has 10 nitrogen and oxygen atoms in total. The molecule has 8 N–H and O–H groups in total. The second-order valence-corrected chi connectivity index (χ2v) is 5.89. The van der Waals surface area contributed by atoms with Gasteiger partial charge in [-0.3, -0.25) is 0 Å². The fraction of sp³-hybridized carbons (Fsp3) is 1.00. The van der Waals surface area contributed by atoms with Crippen LogP contribution >= 0.6 is 0 Å². The third-order valence-corrected chi connectivity index (χ3v) is 4.38. The van der Waals surface area contributed by atoms with E-state index in [9.17, 15) is 35.7 Å². The highest BCUT2D eigenvalue weighted by Gasteiger charge is 2.64. The summed E-state index contributed by atoms with van der Waals surface area (Å²) in [5.41, 5.74) is -2.48. The van der Waals surface area contributed by atoms with Crippen molar-refractivity contribution in [3.05, 3.63) is 0 Å². The molecular formula is C12H22O10. The molecule has 8 atom stereocenters. The second kappa shape index (κ2) is 5.91. The summed E-state index contributed by atoms with van der Waals surface area (Å²) in [6, 6.07) is 0. The molecule has 0 aromatic carbocycles. The normalized spacial score (nSPS) is 52.5. The van der Waals surface area contributed by atoms with Gasteiger partial charge in [-0.25, -0.2) is 0 Å². The quantitative estimate of drug-likeness (QED) is 0.229. The fourth-order valence-electron chi connectivity index (χ4n) is 2.87. The zero-order chi connectivity index (χ0) is 16.9. The lowest BCUT2D eigenvalue weighted by atomic mass is 9.76. The summed E-state index contributed by atoms with van der Waals surface area (Å²) in [6.07, 6.45) is -11.4. The van der Waals surface area contributed by atoms with Gasteiger partial charge >= 0.3 is 0 Å². The molecule has 0 aliphatic carbocycles. The van der Waals surface area contributed by atoms with Crippen LogP contribution in [-0.4, -0.2) is 108 Å². The average Bonchev–Trinajstić information content (AvgIpc) is 2.46. The van der Waals surface area contributed by atoms with Crippen LogP contribution in [0.25, 0.3) is 0 Å². The first-order valence-electron chi connectivity index (χ1n) is 6.84. The molecule has 0 saturated carbocycles. The molecule has 10 heteroatoms. The molecule has 130 valence electrons. The molecule has 0 bridgehead atoms. The van der Waals surface area contributed by atoms with Gasteiger partial charge in [0.15, 0.2) is 0 Å².